The lowest BCUT2D eigenvalue weighted by molar-refractivity contribution is -0.147. The Kier molecular flexibility index (Phi) is 7.44. The average Bonchev–Trinajstić information content (AvgIpc) is 2.96. The Bertz CT molecular complexity index is 534. The van der Waals surface area contributed by atoms with Crippen molar-refractivity contribution >= 4 is 22.6 Å². The lowest BCUT2D eigenvalue weighted by Gasteiger charge is -2.21. The lowest BCUT2D eigenvalue weighted by atomic mass is 10.1. The van der Waals surface area contributed by atoms with Crippen LogP contribution in [0, 0.1) is 11.8 Å². The molecule has 1 aliphatic heterocycles. The predicted molar refractivity (Wildman–Crippen MR) is 98.8 cm³/mol. The summed E-state index contributed by atoms with van der Waals surface area (Å²) in [7, 11) is 0. The van der Waals surface area contributed by atoms with Gasteiger partial charge in [0.05, 0.1) is 16.8 Å². The van der Waals surface area contributed by atoms with Crippen LogP contribution in [0.15, 0.2) is 40.0 Å². The molecule has 1 saturated heterocycles. The highest BCUT2D eigenvalue weighted by molar-refractivity contribution is 14.1. The third kappa shape index (κ3) is 6.51. The van der Waals surface area contributed by atoms with E-state index in [4.69, 9.17) is 9.47 Å². The van der Waals surface area contributed by atoms with Gasteiger partial charge in [-0.15, -0.1) is 0 Å². The van der Waals surface area contributed by atoms with Crippen LogP contribution in [0.3, 0.4) is 0 Å². The number of hydrogen-bond acceptors (Lipinski definition) is 2. The molecule has 2 nitrogen and oxygen atoms in total. The van der Waals surface area contributed by atoms with Crippen LogP contribution in [0.2, 0.25) is 0 Å². The zero-order valence-corrected chi connectivity index (χ0v) is 15.3. The molecule has 0 spiro atoms. The van der Waals surface area contributed by atoms with E-state index in [2.05, 4.69) is 40.5 Å². The highest BCUT2D eigenvalue weighted by Crippen LogP contribution is 2.25. The van der Waals surface area contributed by atoms with Crippen molar-refractivity contribution in [3.05, 3.63) is 45.6 Å². The van der Waals surface area contributed by atoms with Crippen LogP contribution >= 0.6 is 22.6 Å². The second-order valence-corrected chi connectivity index (χ2v) is 6.76. The lowest BCUT2D eigenvalue weighted by Crippen LogP contribution is -2.24. The molecule has 1 fully saturated rings. The maximum atomic E-state index is 5.61. The van der Waals surface area contributed by atoms with E-state index >= 15 is 0 Å². The number of halogens is 1. The summed E-state index contributed by atoms with van der Waals surface area (Å²) in [5.41, 5.74) is 1.06. The highest BCUT2D eigenvalue weighted by Gasteiger charge is 2.29. The Morgan fingerprint density at radius 1 is 1.18 bits per heavy atom. The topological polar surface area (TPSA) is 18.5 Å². The first-order chi connectivity index (χ1) is 10.7. The molecule has 1 aromatic rings. The number of unbranched alkanes of at least 4 members (excludes halogenated alkanes) is 3. The summed E-state index contributed by atoms with van der Waals surface area (Å²) in [5.74, 6) is 6.05. The van der Waals surface area contributed by atoms with Crippen molar-refractivity contribution < 1.29 is 9.47 Å². The van der Waals surface area contributed by atoms with Gasteiger partial charge in [-0.3, -0.25) is 0 Å². The molecule has 0 aromatic heterocycles. The van der Waals surface area contributed by atoms with Crippen LogP contribution in [0.5, 0.6) is 0 Å². The Morgan fingerprint density at radius 2 is 1.91 bits per heavy atom. The molecule has 1 aromatic carbocycles. The van der Waals surface area contributed by atoms with Crippen molar-refractivity contribution in [2.24, 2.45) is 0 Å². The van der Waals surface area contributed by atoms with Crippen molar-refractivity contribution in [3.8, 4) is 11.8 Å². The molecule has 118 valence electrons. The zero-order chi connectivity index (χ0) is 15.7. The van der Waals surface area contributed by atoms with Gasteiger partial charge in [-0.05, 0) is 60.9 Å². The number of benzene rings is 1. The van der Waals surface area contributed by atoms with E-state index in [0.717, 1.165) is 41.6 Å². The molecule has 0 radical (unpaired) electrons. The van der Waals surface area contributed by atoms with Crippen LogP contribution in [0.1, 0.15) is 44.6 Å². The maximum absolute atomic E-state index is 5.61. The molecule has 2 rings (SSSR count). The average molecular weight is 410 g/mol. The summed E-state index contributed by atoms with van der Waals surface area (Å²) >= 11 is 2.31. The monoisotopic (exact) mass is 410 g/mol. The fourth-order valence-corrected chi connectivity index (χ4v) is 2.85. The van der Waals surface area contributed by atoms with Crippen molar-refractivity contribution in [2.75, 3.05) is 13.2 Å². The fraction of sp³-hybridized carbons (Fsp3) is 0.474. The number of hydrogen-bond donors (Lipinski definition) is 0. The quantitative estimate of drug-likeness (QED) is 0.370. The normalized spacial score (nSPS) is 17.1. The van der Waals surface area contributed by atoms with Crippen LogP contribution in [0.4, 0.5) is 0 Å². The second kappa shape index (κ2) is 9.34. The smallest absolute Gasteiger partial charge is 0.165 e. The fourth-order valence-electron chi connectivity index (χ4n) is 2.40. The molecule has 1 heterocycles. The van der Waals surface area contributed by atoms with Gasteiger partial charge in [0.1, 0.15) is 0 Å². The van der Waals surface area contributed by atoms with E-state index in [1.165, 1.54) is 12.8 Å². The van der Waals surface area contributed by atoms with Crippen molar-refractivity contribution in [1.82, 2.24) is 0 Å². The minimum absolute atomic E-state index is 0.328. The summed E-state index contributed by atoms with van der Waals surface area (Å²) in [6.07, 6.45) is 7.84. The van der Waals surface area contributed by atoms with Gasteiger partial charge in [0.15, 0.2) is 5.79 Å². The Morgan fingerprint density at radius 3 is 2.64 bits per heavy atom. The van der Waals surface area contributed by atoms with Gasteiger partial charge in [-0.1, -0.05) is 42.5 Å². The summed E-state index contributed by atoms with van der Waals surface area (Å²) in [6.45, 7) is 3.51. The molecular formula is C19H23IO2. The first-order valence-corrected chi connectivity index (χ1v) is 8.96. The summed E-state index contributed by atoms with van der Waals surface area (Å²) in [4.78, 5) is 0. The van der Waals surface area contributed by atoms with E-state index in [1.807, 2.05) is 37.3 Å². The predicted octanol–water partition coefficient (Wildman–Crippen LogP) is 5.07. The molecule has 0 amide bonds. The minimum Gasteiger partial charge on any atom is -0.348 e. The maximum Gasteiger partial charge on any atom is 0.165 e. The van der Waals surface area contributed by atoms with Crippen molar-refractivity contribution in [3.63, 3.8) is 0 Å². The third-order valence-electron chi connectivity index (χ3n) is 3.66. The number of ether oxygens (including phenoxy) is 2. The van der Waals surface area contributed by atoms with E-state index in [-0.39, 0.29) is 5.79 Å². The molecule has 0 N–H and O–H groups in total. The minimum atomic E-state index is -0.328. The van der Waals surface area contributed by atoms with Gasteiger partial charge in [0, 0.05) is 12.0 Å². The molecule has 22 heavy (non-hydrogen) atoms. The van der Waals surface area contributed by atoms with Crippen molar-refractivity contribution in [1.29, 1.82) is 0 Å². The van der Waals surface area contributed by atoms with Gasteiger partial charge >= 0.3 is 0 Å². The summed E-state index contributed by atoms with van der Waals surface area (Å²) in [6, 6.07) is 10.1. The van der Waals surface area contributed by atoms with E-state index in [9.17, 15) is 0 Å². The molecule has 3 heteroatoms. The van der Waals surface area contributed by atoms with Gasteiger partial charge < -0.3 is 9.47 Å². The van der Waals surface area contributed by atoms with Gasteiger partial charge in [-0.2, -0.15) is 0 Å². The van der Waals surface area contributed by atoms with Crippen LogP contribution < -0.4 is 0 Å². The van der Waals surface area contributed by atoms with Gasteiger partial charge in [0.2, 0.25) is 0 Å². The zero-order valence-electron chi connectivity index (χ0n) is 13.1. The molecular weight excluding hydrogens is 387 g/mol. The number of rotatable bonds is 6. The molecule has 0 unspecified atom stereocenters. The standard InChI is InChI=1S/C19H23IO2/c1-19(21-15-16-22-19)14-8-3-2-7-11-18(20)13-12-17-9-5-4-6-10-17/h4-6,9-11H,2-3,7-8,14-16H2,1H3/b18-11-. The number of allylic oxidation sites excluding steroid dienone is 2. The van der Waals surface area contributed by atoms with E-state index in [1.54, 1.807) is 0 Å². The van der Waals surface area contributed by atoms with Gasteiger partial charge in [0.25, 0.3) is 0 Å². The van der Waals surface area contributed by atoms with E-state index < -0.39 is 0 Å². The Hall–Kier alpha value is -0.830. The molecule has 0 atom stereocenters. The molecule has 0 saturated carbocycles. The molecule has 0 bridgehead atoms. The Balaban J connectivity index is 1.62. The first kappa shape index (κ1) is 17.5. The Labute approximate surface area is 147 Å². The van der Waals surface area contributed by atoms with Crippen molar-refractivity contribution in [2.45, 2.75) is 44.8 Å². The summed E-state index contributed by atoms with van der Waals surface area (Å²) < 4.78 is 12.3. The third-order valence-corrected chi connectivity index (χ3v) is 4.37. The van der Waals surface area contributed by atoms with Crippen LogP contribution in [-0.2, 0) is 9.47 Å². The largest absolute Gasteiger partial charge is 0.348 e. The first-order valence-electron chi connectivity index (χ1n) is 7.89. The van der Waals surface area contributed by atoms with Gasteiger partial charge in [-0.25, -0.2) is 0 Å². The SMILES string of the molecule is CC1(CCCCC/C=C(\I)C#Cc2ccccc2)OCCO1. The van der Waals surface area contributed by atoms with Crippen LogP contribution in [0.25, 0.3) is 0 Å². The second-order valence-electron chi connectivity index (χ2n) is 5.60. The molecule has 1 aliphatic rings. The van der Waals surface area contributed by atoms with E-state index in [0.29, 0.717) is 0 Å². The molecule has 0 aliphatic carbocycles. The highest BCUT2D eigenvalue weighted by atomic mass is 127. The summed E-state index contributed by atoms with van der Waals surface area (Å²) in [5, 5.41) is 0. The van der Waals surface area contributed by atoms with Crippen LogP contribution in [-0.4, -0.2) is 19.0 Å².